The number of ether oxygens (including phenoxy) is 1. The monoisotopic (exact) mass is 367 g/mol. The minimum Gasteiger partial charge on any atom is -0.370 e. The maximum Gasteiger partial charge on any atom is 0.225 e. The summed E-state index contributed by atoms with van der Waals surface area (Å²) in [7, 11) is 0. The summed E-state index contributed by atoms with van der Waals surface area (Å²) in [6, 6.07) is 10.0. The lowest BCUT2D eigenvalue weighted by Crippen LogP contribution is -2.44. The lowest BCUT2D eigenvalue weighted by atomic mass is 9.73. The Hall–Kier alpha value is -1.90. The number of hydrogen-bond acceptors (Lipinski definition) is 4. The highest BCUT2D eigenvalue weighted by atomic mass is 16.5. The van der Waals surface area contributed by atoms with Crippen LogP contribution >= 0.6 is 0 Å². The summed E-state index contributed by atoms with van der Waals surface area (Å²) in [6.07, 6.45) is 2.54. The van der Waals surface area contributed by atoms with Crippen LogP contribution in [0.2, 0.25) is 0 Å². The second-order valence-electron chi connectivity index (χ2n) is 9.47. The molecular formula is C22H29N3O2. The van der Waals surface area contributed by atoms with Gasteiger partial charge in [-0.05, 0) is 30.5 Å². The summed E-state index contributed by atoms with van der Waals surface area (Å²) in [5, 5.41) is 12.1. The van der Waals surface area contributed by atoms with E-state index in [1.54, 1.807) is 0 Å². The van der Waals surface area contributed by atoms with E-state index in [9.17, 15) is 4.79 Å². The van der Waals surface area contributed by atoms with Crippen LogP contribution in [0, 0.1) is 28.6 Å². The second-order valence-corrected chi connectivity index (χ2v) is 9.47. The van der Waals surface area contributed by atoms with Crippen LogP contribution in [0.4, 0.5) is 0 Å². The summed E-state index contributed by atoms with van der Waals surface area (Å²) in [5.41, 5.74) is 1.56. The normalized spacial score (nSPS) is 32.3. The van der Waals surface area contributed by atoms with Gasteiger partial charge in [-0.3, -0.25) is 9.69 Å². The number of carbonyl (C=O) groups excluding carboxylic acids is 1. The van der Waals surface area contributed by atoms with E-state index in [0.717, 1.165) is 39.0 Å². The lowest BCUT2D eigenvalue weighted by Gasteiger charge is -2.30. The van der Waals surface area contributed by atoms with E-state index < -0.39 is 0 Å². The Bertz CT molecular complexity index is 761. The first kappa shape index (κ1) is 18.5. The molecule has 1 aromatic carbocycles. The summed E-state index contributed by atoms with van der Waals surface area (Å²) >= 11 is 0. The highest BCUT2D eigenvalue weighted by Gasteiger charge is 2.62. The van der Waals surface area contributed by atoms with Gasteiger partial charge in [-0.1, -0.05) is 32.9 Å². The zero-order valence-corrected chi connectivity index (χ0v) is 16.5. The third-order valence-corrected chi connectivity index (χ3v) is 6.52. The van der Waals surface area contributed by atoms with Crippen molar-refractivity contribution >= 4 is 5.91 Å². The minimum absolute atomic E-state index is 0.0195. The summed E-state index contributed by atoms with van der Waals surface area (Å²) in [6.45, 7) is 9.46. The molecule has 1 N–H and O–H groups in total. The van der Waals surface area contributed by atoms with Gasteiger partial charge in [-0.2, -0.15) is 5.26 Å². The van der Waals surface area contributed by atoms with Gasteiger partial charge in [0.15, 0.2) is 0 Å². The Morgan fingerprint density at radius 3 is 2.78 bits per heavy atom. The predicted molar refractivity (Wildman–Crippen MR) is 103 cm³/mol. The number of carbonyl (C=O) groups is 1. The van der Waals surface area contributed by atoms with Crippen LogP contribution in [0.25, 0.3) is 0 Å². The third-order valence-electron chi connectivity index (χ3n) is 6.52. The van der Waals surface area contributed by atoms with Crippen molar-refractivity contribution in [3.05, 3.63) is 35.4 Å². The maximum absolute atomic E-state index is 12.3. The van der Waals surface area contributed by atoms with Gasteiger partial charge in [0, 0.05) is 43.4 Å². The number of hydrogen-bond donors (Lipinski definition) is 1. The van der Waals surface area contributed by atoms with Crippen LogP contribution in [0.5, 0.6) is 0 Å². The molecule has 0 aromatic heterocycles. The van der Waals surface area contributed by atoms with E-state index >= 15 is 0 Å². The summed E-state index contributed by atoms with van der Waals surface area (Å²) < 4.78 is 6.48. The molecule has 5 nitrogen and oxygen atoms in total. The molecule has 3 aliphatic heterocycles. The minimum atomic E-state index is -0.354. The smallest absolute Gasteiger partial charge is 0.225 e. The molecule has 3 saturated heterocycles. The average molecular weight is 367 g/mol. The molecule has 144 valence electrons. The van der Waals surface area contributed by atoms with Crippen molar-refractivity contribution in [3.8, 4) is 6.07 Å². The molecule has 5 heteroatoms. The van der Waals surface area contributed by atoms with Crippen molar-refractivity contribution in [1.82, 2.24) is 10.2 Å². The first-order valence-corrected chi connectivity index (χ1v) is 9.98. The molecule has 1 spiro atoms. The fourth-order valence-electron chi connectivity index (χ4n) is 5.10. The van der Waals surface area contributed by atoms with Gasteiger partial charge in [-0.15, -0.1) is 0 Å². The Morgan fingerprint density at radius 1 is 1.37 bits per heavy atom. The van der Waals surface area contributed by atoms with Crippen LogP contribution < -0.4 is 5.32 Å². The third kappa shape index (κ3) is 3.37. The standard InChI is InChI=1S/C22H29N3O2/c1-21(2,3)20(26)24-11-17-18-13-25(14-22(18)9-8-19(17)27-22)12-16-6-4-15(10-23)5-7-16/h4-7,17-19H,8-9,11-14H2,1-3H3,(H,24,26)/t17-,18+,19+,22+/m0/s1. The van der Waals surface area contributed by atoms with E-state index in [2.05, 4.69) is 16.3 Å². The van der Waals surface area contributed by atoms with E-state index in [4.69, 9.17) is 10.00 Å². The van der Waals surface area contributed by atoms with Gasteiger partial charge >= 0.3 is 0 Å². The first-order chi connectivity index (χ1) is 12.8. The molecule has 0 aliphatic carbocycles. The molecule has 3 fully saturated rings. The van der Waals surface area contributed by atoms with Gasteiger partial charge in [-0.25, -0.2) is 0 Å². The quantitative estimate of drug-likeness (QED) is 0.889. The molecule has 4 atom stereocenters. The van der Waals surface area contributed by atoms with Crippen molar-refractivity contribution < 1.29 is 9.53 Å². The van der Waals surface area contributed by atoms with Crippen LogP contribution in [-0.4, -0.2) is 42.1 Å². The number of likely N-dealkylation sites (tertiary alicyclic amines) is 1. The van der Waals surface area contributed by atoms with Crippen molar-refractivity contribution in [1.29, 1.82) is 5.26 Å². The lowest BCUT2D eigenvalue weighted by molar-refractivity contribution is -0.128. The number of amides is 1. The molecule has 3 heterocycles. The van der Waals surface area contributed by atoms with E-state index in [1.165, 1.54) is 5.56 Å². The Labute approximate surface area is 161 Å². The number of nitrogens with one attached hydrogen (secondary N) is 1. The SMILES string of the molecule is CC(C)(C)C(=O)NC[C@H]1[C@H]2CN(Cc3ccc(C#N)cc3)C[C@]23CC[C@H]1O3. The Balaban J connectivity index is 1.41. The topological polar surface area (TPSA) is 65.4 Å². The van der Waals surface area contributed by atoms with Gasteiger partial charge in [0.25, 0.3) is 0 Å². The highest BCUT2D eigenvalue weighted by molar-refractivity contribution is 5.81. The Morgan fingerprint density at radius 2 is 2.11 bits per heavy atom. The van der Waals surface area contributed by atoms with Crippen LogP contribution in [-0.2, 0) is 16.1 Å². The molecular weight excluding hydrogens is 338 g/mol. The van der Waals surface area contributed by atoms with Gasteiger partial charge in [0.2, 0.25) is 5.91 Å². The van der Waals surface area contributed by atoms with Crippen molar-refractivity contribution in [2.24, 2.45) is 17.3 Å². The Kier molecular flexibility index (Phi) is 4.52. The average Bonchev–Trinajstić information content (AvgIpc) is 3.27. The molecule has 0 saturated carbocycles. The van der Waals surface area contributed by atoms with Crippen molar-refractivity contribution in [3.63, 3.8) is 0 Å². The van der Waals surface area contributed by atoms with Gasteiger partial charge in [0.05, 0.1) is 23.3 Å². The van der Waals surface area contributed by atoms with Gasteiger partial charge < -0.3 is 10.1 Å². The molecule has 4 rings (SSSR count). The summed E-state index contributed by atoms with van der Waals surface area (Å²) in [4.78, 5) is 14.8. The highest BCUT2D eigenvalue weighted by Crippen LogP contribution is 2.54. The zero-order chi connectivity index (χ0) is 19.2. The van der Waals surface area contributed by atoms with E-state index in [1.807, 2.05) is 45.0 Å². The molecule has 3 aliphatic rings. The number of nitriles is 1. The van der Waals surface area contributed by atoms with Crippen LogP contribution in [0.15, 0.2) is 24.3 Å². The number of fused-ring (bicyclic) bond motifs is 1. The molecule has 1 aromatic rings. The summed E-state index contributed by atoms with van der Waals surface area (Å²) in [5.74, 6) is 1.03. The molecule has 2 bridgehead atoms. The number of benzene rings is 1. The van der Waals surface area contributed by atoms with Gasteiger partial charge in [0.1, 0.15) is 0 Å². The predicted octanol–water partition coefficient (Wildman–Crippen LogP) is 2.70. The van der Waals surface area contributed by atoms with Crippen molar-refractivity contribution in [2.75, 3.05) is 19.6 Å². The van der Waals surface area contributed by atoms with Crippen LogP contribution in [0.3, 0.4) is 0 Å². The molecule has 27 heavy (non-hydrogen) atoms. The molecule has 1 amide bonds. The maximum atomic E-state index is 12.3. The van der Waals surface area contributed by atoms with Crippen LogP contribution in [0.1, 0.15) is 44.7 Å². The fraction of sp³-hybridized carbons (Fsp3) is 0.636. The first-order valence-electron chi connectivity index (χ1n) is 9.98. The second kappa shape index (κ2) is 6.61. The van der Waals surface area contributed by atoms with E-state index in [-0.39, 0.29) is 16.9 Å². The molecule has 0 unspecified atom stereocenters. The van der Waals surface area contributed by atoms with Crippen molar-refractivity contribution in [2.45, 2.75) is 51.9 Å². The number of nitrogens with zero attached hydrogens (tertiary/aromatic N) is 2. The van der Waals surface area contributed by atoms with E-state index in [0.29, 0.717) is 23.5 Å². The fourth-order valence-corrected chi connectivity index (χ4v) is 5.10. The largest absolute Gasteiger partial charge is 0.370 e. The zero-order valence-electron chi connectivity index (χ0n) is 16.5. The number of rotatable bonds is 4. The molecule has 0 radical (unpaired) electrons.